The molecule has 5 heteroatoms. The van der Waals surface area contributed by atoms with Crippen LogP contribution in [0.1, 0.15) is 16.7 Å². The zero-order valence-corrected chi connectivity index (χ0v) is 13.6. The fraction of sp³-hybridized carbons (Fsp3) is 0.222. The quantitative estimate of drug-likeness (QED) is 0.828. The number of carbonyl (C=O) groups is 2. The Hall–Kier alpha value is -2.33. The molecule has 1 N–H and O–H groups in total. The molecule has 0 unspecified atom stereocenters. The molecule has 2 aromatic rings. The minimum absolute atomic E-state index is 0.114. The summed E-state index contributed by atoms with van der Waals surface area (Å²) in [6.07, 6.45) is 0.114. The van der Waals surface area contributed by atoms with Crippen LogP contribution in [0.3, 0.4) is 0 Å². The zero-order valence-electron chi connectivity index (χ0n) is 12.8. The predicted molar refractivity (Wildman–Crippen MR) is 89.1 cm³/mol. The van der Waals surface area contributed by atoms with Gasteiger partial charge in [-0.25, -0.2) is 0 Å². The van der Waals surface area contributed by atoms with Gasteiger partial charge in [-0.3, -0.25) is 9.59 Å². The van der Waals surface area contributed by atoms with E-state index in [2.05, 4.69) is 5.32 Å². The largest absolute Gasteiger partial charge is 0.455 e. The highest BCUT2D eigenvalue weighted by atomic mass is 35.5. The van der Waals surface area contributed by atoms with Crippen LogP contribution in [-0.4, -0.2) is 18.5 Å². The normalized spacial score (nSPS) is 10.2. The first-order chi connectivity index (χ1) is 11.0. The summed E-state index contributed by atoms with van der Waals surface area (Å²) in [5.41, 5.74) is 2.95. The van der Waals surface area contributed by atoms with Crippen LogP contribution in [0.25, 0.3) is 0 Å². The van der Waals surface area contributed by atoms with Gasteiger partial charge in [0.1, 0.15) is 0 Å². The van der Waals surface area contributed by atoms with E-state index < -0.39 is 5.97 Å². The van der Waals surface area contributed by atoms with E-state index in [0.717, 1.165) is 16.7 Å². The SMILES string of the molecule is Cc1ccc(CNC(=O)COC(=O)Cc2ccc(Cl)cc2)cc1. The van der Waals surface area contributed by atoms with Gasteiger partial charge in [0.05, 0.1) is 6.42 Å². The highest BCUT2D eigenvalue weighted by molar-refractivity contribution is 6.30. The van der Waals surface area contributed by atoms with Crippen LogP contribution < -0.4 is 5.32 Å². The Kier molecular flexibility index (Phi) is 6.18. The second-order valence-electron chi connectivity index (χ2n) is 5.23. The predicted octanol–water partition coefficient (Wildman–Crippen LogP) is 3.05. The number of esters is 1. The Morgan fingerprint density at radius 2 is 1.61 bits per heavy atom. The Labute approximate surface area is 140 Å². The number of halogens is 1. The van der Waals surface area contributed by atoms with Crippen molar-refractivity contribution in [2.45, 2.75) is 19.9 Å². The summed E-state index contributed by atoms with van der Waals surface area (Å²) in [6.45, 7) is 2.13. The van der Waals surface area contributed by atoms with Crippen molar-refractivity contribution in [1.82, 2.24) is 5.32 Å². The Balaban J connectivity index is 1.70. The number of nitrogens with one attached hydrogen (secondary N) is 1. The van der Waals surface area contributed by atoms with Gasteiger partial charge < -0.3 is 10.1 Å². The zero-order chi connectivity index (χ0) is 16.7. The molecule has 0 fully saturated rings. The van der Waals surface area contributed by atoms with Gasteiger partial charge in [-0.2, -0.15) is 0 Å². The Bertz CT molecular complexity index is 666. The molecule has 23 heavy (non-hydrogen) atoms. The van der Waals surface area contributed by atoms with E-state index in [1.807, 2.05) is 31.2 Å². The molecular formula is C18H18ClNO3. The maximum absolute atomic E-state index is 11.7. The summed E-state index contributed by atoms with van der Waals surface area (Å²) >= 11 is 5.78. The molecule has 2 aromatic carbocycles. The molecule has 0 aliphatic carbocycles. The molecule has 0 aliphatic heterocycles. The van der Waals surface area contributed by atoms with Crippen molar-refractivity contribution in [3.8, 4) is 0 Å². The molecule has 0 radical (unpaired) electrons. The molecule has 0 saturated heterocycles. The van der Waals surface area contributed by atoms with Gasteiger partial charge >= 0.3 is 5.97 Å². The molecule has 0 bridgehead atoms. The summed E-state index contributed by atoms with van der Waals surface area (Å²) < 4.78 is 4.96. The fourth-order valence-electron chi connectivity index (χ4n) is 1.92. The lowest BCUT2D eigenvalue weighted by Crippen LogP contribution is -2.28. The lowest BCUT2D eigenvalue weighted by molar-refractivity contribution is -0.147. The number of carbonyl (C=O) groups excluding carboxylic acids is 2. The molecule has 0 aliphatic rings. The fourth-order valence-corrected chi connectivity index (χ4v) is 2.05. The topological polar surface area (TPSA) is 55.4 Å². The van der Waals surface area contributed by atoms with E-state index in [1.165, 1.54) is 0 Å². The molecule has 4 nitrogen and oxygen atoms in total. The van der Waals surface area contributed by atoms with Crippen LogP contribution in [-0.2, 0) is 27.3 Å². The van der Waals surface area contributed by atoms with Crippen molar-refractivity contribution in [3.63, 3.8) is 0 Å². The van der Waals surface area contributed by atoms with Crippen molar-refractivity contribution in [2.24, 2.45) is 0 Å². The van der Waals surface area contributed by atoms with E-state index in [-0.39, 0.29) is 18.9 Å². The maximum Gasteiger partial charge on any atom is 0.310 e. The average molecular weight is 332 g/mol. The van der Waals surface area contributed by atoms with Crippen LogP contribution in [0, 0.1) is 6.92 Å². The molecular weight excluding hydrogens is 314 g/mol. The molecule has 1 amide bonds. The summed E-state index contributed by atoms with van der Waals surface area (Å²) in [5.74, 6) is -0.771. The second-order valence-corrected chi connectivity index (χ2v) is 5.66. The van der Waals surface area contributed by atoms with E-state index in [1.54, 1.807) is 24.3 Å². The third-order valence-corrected chi connectivity index (χ3v) is 3.49. The second kappa shape index (κ2) is 8.34. The molecule has 0 spiro atoms. The number of amides is 1. The smallest absolute Gasteiger partial charge is 0.310 e. The van der Waals surface area contributed by atoms with Crippen molar-refractivity contribution in [1.29, 1.82) is 0 Å². The Morgan fingerprint density at radius 1 is 1.00 bits per heavy atom. The van der Waals surface area contributed by atoms with Crippen LogP contribution in [0.5, 0.6) is 0 Å². The van der Waals surface area contributed by atoms with Gasteiger partial charge in [-0.1, -0.05) is 53.6 Å². The summed E-state index contributed by atoms with van der Waals surface area (Å²) in [7, 11) is 0. The molecule has 0 heterocycles. The van der Waals surface area contributed by atoms with Crippen LogP contribution >= 0.6 is 11.6 Å². The first-order valence-electron chi connectivity index (χ1n) is 7.25. The van der Waals surface area contributed by atoms with Gasteiger partial charge in [0.15, 0.2) is 6.61 Å². The van der Waals surface area contributed by atoms with E-state index in [0.29, 0.717) is 11.6 Å². The minimum atomic E-state index is -0.446. The van der Waals surface area contributed by atoms with Crippen molar-refractivity contribution in [3.05, 3.63) is 70.2 Å². The monoisotopic (exact) mass is 331 g/mol. The number of rotatable bonds is 6. The van der Waals surface area contributed by atoms with Crippen molar-refractivity contribution >= 4 is 23.5 Å². The molecule has 0 atom stereocenters. The van der Waals surface area contributed by atoms with Gasteiger partial charge in [0.25, 0.3) is 5.91 Å². The highest BCUT2D eigenvalue weighted by Crippen LogP contribution is 2.10. The number of aryl methyl sites for hydroxylation is 1. The summed E-state index contributed by atoms with van der Waals surface area (Å²) in [5, 5.41) is 3.32. The lowest BCUT2D eigenvalue weighted by atomic mass is 10.1. The van der Waals surface area contributed by atoms with Gasteiger partial charge in [-0.15, -0.1) is 0 Å². The average Bonchev–Trinajstić information content (AvgIpc) is 2.54. The Morgan fingerprint density at radius 3 is 2.26 bits per heavy atom. The lowest BCUT2D eigenvalue weighted by Gasteiger charge is -2.07. The van der Waals surface area contributed by atoms with Crippen LogP contribution in [0.2, 0.25) is 5.02 Å². The highest BCUT2D eigenvalue weighted by Gasteiger charge is 2.08. The third kappa shape index (κ3) is 6.12. The summed E-state index contributed by atoms with van der Waals surface area (Å²) in [4.78, 5) is 23.4. The molecule has 120 valence electrons. The number of ether oxygens (including phenoxy) is 1. The molecule has 2 rings (SSSR count). The summed E-state index contributed by atoms with van der Waals surface area (Å²) in [6, 6.07) is 14.8. The first kappa shape index (κ1) is 17.0. The van der Waals surface area contributed by atoms with Gasteiger partial charge in [-0.05, 0) is 30.2 Å². The molecule has 0 saturated carbocycles. The van der Waals surface area contributed by atoms with E-state index >= 15 is 0 Å². The molecule has 0 aromatic heterocycles. The van der Waals surface area contributed by atoms with Gasteiger partial charge in [0, 0.05) is 11.6 Å². The number of hydrogen-bond acceptors (Lipinski definition) is 3. The first-order valence-corrected chi connectivity index (χ1v) is 7.63. The number of benzene rings is 2. The standard InChI is InChI=1S/C18H18ClNO3/c1-13-2-4-15(5-3-13)11-20-17(21)12-23-18(22)10-14-6-8-16(19)9-7-14/h2-9H,10-12H2,1H3,(H,20,21). The maximum atomic E-state index is 11.7. The minimum Gasteiger partial charge on any atom is -0.455 e. The van der Waals surface area contributed by atoms with Crippen LogP contribution in [0.4, 0.5) is 0 Å². The van der Waals surface area contributed by atoms with E-state index in [4.69, 9.17) is 16.3 Å². The van der Waals surface area contributed by atoms with Gasteiger partial charge in [0.2, 0.25) is 0 Å². The van der Waals surface area contributed by atoms with Crippen LogP contribution in [0.15, 0.2) is 48.5 Å². The van der Waals surface area contributed by atoms with E-state index in [9.17, 15) is 9.59 Å². The van der Waals surface area contributed by atoms with Crippen molar-refractivity contribution in [2.75, 3.05) is 6.61 Å². The number of hydrogen-bond donors (Lipinski definition) is 1. The van der Waals surface area contributed by atoms with Crippen molar-refractivity contribution < 1.29 is 14.3 Å². The third-order valence-electron chi connectivity index (χ3n) is 3.24.